The Morgan fingerprint density at radius 1 is 1.18 bits per heavy atom. The lowest BCUT2D eigenvalue weighted by molar-refractivity contribution is 0.0955. The van der Waals surface area contributed by atoms with Gasteiger partial charge < -0.3 is 5.73 Å². The summed E-state index contributed by atoms with van der Waals surface area (Å²) in [5.41, 5.74) is 10.3. The first kappa shape index (κ1) is 11.6. The number of para-hydroxylation sites is 1. The average molecular weight is 231 g/mol. The number of carbonyl (C=O) groups excluding carboxylic acids is 1. The Balaban J connectivity index is 2.00. The molecule has 4 heteroatoms. The van der Waals surface area contributed by atoms with Gasteiger partial charge in [-0.1, -0.05) is 18.6 Å². The van der Waals surface area contributed by atoms with Crippen molar-refractivity contribution in [1.29, 1.82) is 0 Å². The molecule has 3 N–H and O–H groups in total. The maximum absolute atomic E-state index is 11.8. The van der Waals surface area contributed by atoms with E-state index in [1.54, 1.807) is 24.3 Å². The summed E-state index contributed by atoms with van der Waals surface area (Å²) in [6.07, 6.45) is 5.58. The standard InChI is InChI=1S/C13H17N3O/c14-12-9-5-4-8-11(12)13(17)16-15-10-6-2-1-3-7-10/h4-5,8-9H,1-3,6-7,14H2,(H,16,17). The summed E-state index contributed by atoms with van der Waals surface area (Å²) >= 11 is 0. The SMILES string of the molecule is Nc1ccccc1C(=O)NN=C1CCCCC1. The number of nitrogens with two attached hydrogens (primary N) is 1. The van der Waals surface area contributed by atoms with Crippen molar-refractivity contribution in [2.75, 3.05) is 5.73 Å². The van der Waals surface area contributed by atoms with Gasteiger partial charge in [-0.15, -0.1) is 0 Å². The van der Waals surface area contributed by atoms with Crippen LogP contribution in [0, 0.1) is 0 Å². The van der Waals surface area contributed by atoms with Crippen molar-refractivity contribution in [3.63, 3.8) is 0 Å². The summed E-state index contributed by atoms with van der Waals surface area (Å²) < 4.78 is 0. The molecular formula is C13H17N3O. The molecule has 0 atom stereocenters. The van der Waals surface area contributed by atoms with Crippen LogP contribution < -0.4 is 11.2 Å². The number of amides is 1. The quantitative estimate of drug-likeness (QED) is 0.606. The zero-order chi connectivity index (χ0) is 12.1. The molecule has 0 spiro atoms. The second-order valence-electron chi connectivity index (χ2n) is 4.27. The molecule has 0 bridgehead atoms. The number of hydrogen-bond donors (Lipinski definition) is 2. The Hall–Kier alpha value is -1.84. The fourth-order valence-electron chi connectivity index (χ4n) is 1.97. The smallest absolute Gasteiger partial charge is 0.273 e. The number of nitrogens with zero attached hydrogens (tertiary/aromatic N) is 1. The van der Waals surface area contributed by atoms with E-state index in [2.05, 4.69) is 10.5 Å². The van der Waals surface area contributed by atoms with E-state index in [0.717, 1.165) is 18.6 Å². The van der Waals surface area contributed by atoms with E-state index in [-0.39, 0.29) is 5.91 Å². The van der Waals surface area contributed by atoms with Gasteiger partial charge in [-0.25, -0.2) is 5.43 Å². The van der Waals surface area contributed by atoms with Crippen LogP contribution >= 0.6 is 0 Å². The van der Waals surface area contributed by atoms with Crippen LogP contribution in [0.15, 0.2) is 29.4 Å². The van der Waals surface area contributed by atoms with Crippen LogP contribution in [0.5, 0.6) is 0 Å². The molecule has 1 aliphatic carbocycles. The Bertz CT molecular complexity index is 432. The van der Waals surface area contributed by atoms with Crippen LogP contribution in [0.2, 0.25) is 0 Å². The average Bonchev–Trinajstić information content (AvgIpc) is 2.38. The fraction of sp³-hybridized carbons (Fsp3) is 0.385. The van der Waals surface area contributed by atoms with Crippen molar-refractivity contribution in [3.05, 3.63) is 29.8 Å². The lowest BCUT2D eigenvalue weighted by Crippen LogP contribution is -2.21. The number of hydrogen-bond acceptors (Lipinski definition) is 3. The second-order valence-corrected chi connectivity index (χ2v) is 4.27. The first-order chi connectivity index (χ1) is 8.27. The van der Waals surface area contributed by atoms with E-state index >= 15 is 0 Å². The number of nitrogens with one attached hydrogen (secondary N) is 1. The molecule has 0 aliphatic heterocycles. The summed E-state index contributed by atoms with van der Waals surface area (Å²) in [6, 6.07) is 7.01. The Morgan fingerprint density at radius 3 is 2.59 bits per heavy atom. The van der Waals surface area contributed by atoms with Gasteiger partial charge in [-0.2, -0.15) is 5.10 Å². The largest absolute Gasteiger partial charge is 0.398 e. The third-order valence-corrected chi connectivity index (χ3v) is 2.95. The molecule has 1 amide bonds. The van der Waals surface area contributed by atoms with E-state index in [4.69, 9.17) is 5.73 Å². The van der Waals surface area contributed by atoms with Gasteiger partial charge in [0.05, 0.1) is 5.56 Å². The fourth-order valence-corrected chi connectivity index (χ4v) is 1.97. The van der Waals surface area contributed by atoms with Gasteiger partial charge in [0.15, 0.2) is 0 Å². The number of hydrazone groups is 1. The Morgan fingerprint density at radius 2 is 1.88 bits per heavy atom. The normalized spacial score (nSPS) is 15.4. The zero-order valence-electron chi connectivity index (χ0n) is 9.78. The highest BCUT2D eigenvalue weighted by Gasteiger charge is 2.10. The number of carbonyl (C=O) groups is 1. The van der Waals surface area contributed by atoms with Gasteiger partial charge in [0, 0.05) is 11.4 Å². The molecule has 90 valence electrons. The summed E-state index contributed by atoms with van der Waals surface area (Å²) in [5.74, 6) is -0.235. The molecule has 1 aromatic rings. The molecule has 4 nitrogen and oxygen atoms in total. The van der Waals surface area contributed by atoms with Crippen molar-refractivity contribution in [2.45, 2.75) is 32.1 Å². The van der Waals surface area contributed by atoms with Crippen molar-refractivity contribution in [1.82, 2.24) is 5.43 Å². The number of nitrogen functional groups attached to an aromatic ring is 1. The van der Waals surface area contributed by atoms with Crippen LogP contribution in [0.1, 0.15) is 42.5 Å². The van der Waals surface area contributed by atoms with Gasteiger partial charge in [0.25, 0.3) is 5.91 Å². The van der Waals surface area contributed by atoms with E-state index in [9.17, 15) is 4.79 Å². The molecule has 2 rings (SSSR count). The minimum atomic E-state index is -0.235. The van der Waals surface area contributed by atoms with E-state index in [1.807, 2.05) is 0 Å². The van der Waals surface area contributed by atoms with E-state index in [0.29, 0.717) is 11.3 Å². The lowest BCUT2D eigenvalue weighted by atomic mass is 9.99. The number of anilines is 1. The summed E-state index contributed by atoms with van der Waals surface area (Å²) in [7, 11) is 0. The minimum absolute atomic E-state index is 0.235. The third-order valence-electron chi connectivity index (χ3n) is 2.95. The van der Waals surface area contributed by atoms with Crippen molar-refractivity contribution < 1.29 is 4.79 Å². The number of rotatable bonds is 2. The van der Waals surface area contributed by atoms with Crippen LogP contribution in [-0.4, -0.2) is 11.6 Å². The molecule has 1 fully saturated rings. The predicted molar refractivity (Wildman–Crippen MR) is 68.8 cm³/mol. The maximum atomic E-state index is 11.8. The van der Waals surface area contributed by atoms with Crippen molar-refractivity contribution >= 4 is 17.3 Å². The van der Waals surface area contributed by atoms with Crippen molar-refractivity contribution in [3.8, 4) is 0 Å². The van der Waals surface area contributed by atoms with Crippen LogP contribution in [-0.2, 0) is 0 Å². The zero-order valence-corrected chi connectivity index (χ0v) is 9.78. The van der Waals surface area contributed by atoms with Gasteiger partial charge in [-0.05, 0) is 37.8 Å². The first-order valence-electron chi connectivity index (χ1n) is 5.97. The first-order valence-corrected chi connectivity index (χ1v) is 5.97. The molecular weight excluding hydrogens is 214 g/mol. The van der Waals surface area contributed by atoms with Gasteiger partial charge in [0.1, 0.15) is 0 Å². The highest BCUT2D eigenvalue weighted by Crippen LogP contribution is 2.14. The molecule has 0 heterocycles. The van der Waals surface area contributed by atoms with Crippen molar-refractivity contribution in [2.24, 2.45) is 5.10 Å². The van der Waals surface area contributed by atoms with Crippen LogP contribution in [0.4, 0.5) is 5.69 Å². The third kappa shape index (κ3) is 3.06. The molecule has 0 saturated heterocycles. The highest BCUT2D eigenvalue weighted by molar-refractivity contribution is 5.99. The lowest BCUT2D eigenvalue weighted by Gasteiger charge is -2.12. The molecule has 1 saturated carbocycles. The Kier molecular flexibility index (Phi) is 3.75. The van der Waals surface area contributed by atoms with Gasteiger partial charge in [-0.3, -0.25) is 4.79 Å². The topological polar surface area (TPSA) is 67.5 Å². The van der Waals surface area contributed by atoms with Crippen LogP contribution in [0.25, 0.3) is 0 Å². The van der Waals surface area contributed by atoms with Gasteiger partial charge >= 0.3 is 0 Å². The molecule has 0 aromatic heterocycles. The van der Waals surface area contributed by atoms with Crippen LogP contribution in [0.3, 0.4) is 0 Å². The summed E-state index contributed by atoms with van der Waals surface area (Å²) in [6.45, 7) is 0. The Labute approximate surface area is 101 Å². The molecule has 0 unspecified atom stereocenters. The highest BCUT2D eigenvalue weighted by atomic mass is 16.2. The van der Waals surface area contributed by atoms with Gasteiger partial charge in [0.2, 0.25) is 0 Å². The molecule has 0 radical (unpaired) electrons. The van der Waals surface area contributed by atoms with E-state index < -0.39 is 0 Å². The monoisotopic (exact) mass is 231 g/mol. The second kappa shape index (κ2) is 5.48. The number of benzene rings is 1. The molecule has 1 aromatic carbocycles. The molecule has 17 heavy (non-hydrogen) atoms. The maximum Gasteiger partial charge on any atom is 0.273 e. The predicted octanol–water partition coefficient (Wildman–Crippen LogP) is 2.32. The summed E-state index contributed by atoms with van der Waals surface area (Å²) in [4.78, 5) is 11.8. The summed E-state index contributed by atoms with van der Waals surface area (Å²) in [5, 5.41) is 4.16. The van der Waals surface area contributed by atoms with E-state index in [1.165, 1.54) is 19.3 Å². The minimum Gasteiger partial charge on any atom is -0.398 e. The molecule has 1 aliphatic rings.